The lowest BCUT2D eigenvalue weighted by Gasteiger charge is -2.10. The Morgan fingerprint density at radius 2 is 2.00 bits per heavy atom. The average Bonchev–Trinajstić information content (AvgIpc) is 2.82. The van der Waals surface area contributed by atoms with E-state index in [9.17, 15) is 0 Å². The van der Waals surface area contributed by atoms with E-state index in [0.29, 0.717) is 0 Å². The number of rotatable bonds is 5. The number of nitrogens with one attached hydrogen (secondary N) is 1. The van der Waals surface area contributed by atoms with E-state index >= 15 is 0 Å². The molecule has 1 heterocycles. The highest BCUT2D eigenvalue weighted by atomic mass is 79.9. The van der Waals surface area contributed by atoms with Crippen LogP contribution in [0.2, 0.25) is 0 Å². The van der Waals surface area contributed by atoms with Gasteiger partial charge in [-0.05, 0) is 59.6 Å². The second-order valence-corrected chi connectivity index (χ2v) is 5.42. The lowest BCUT2D eigenvalue weighted by atomic mass is 10.2. The molecule has 19 heavy (non-hydrogen) atoms. The van der Waals surface area contributed by atoms with Crippen molar-refractivity contribution in [2.24, 2.45) is 0 Å². The monoisotopic (exact) mass is 321 g/mol. The molecule has 0 saturated heterocycles. The van der Waals surface area contributed by atoms with Crippen LogP contribution < -0.4 is 5.32 Å². The predicted octanol–water partition coefficient (Wildman–Crippen LogP) is 3.48. The standard InChI is InChI=1S/C15H20BrN3/c1-4-12-9-13(5-2)19(18-12)15-7-6-11(10-17-3)8-14(15)16/h6-9,17H,4-5,10H2,1-3H3. The van der Waals surface area contributed by atoms with Crippen molar-refractivity contribution in [2.75, 3.05) is 7.05 Å². The van der Waals surface area contributed by atoms with Crippen molar-refractivity contribution < 1.29 is 0 Å². The molecule has 1 aromatic heterocycles. The van der Waals surface area contributed by atoms with E-state index in [-0.39, 0.29) is 0 Å². The van der Waals surface area contributed by atoms with Gasteiger partial charge in [-0.3, -0.25) is 0 Å². The Labute approximate surface area is 123 Å². The molecular formula is C15H20BrN3. The first kappa shape index (κ1) is 14.3. The molecule has 0 atom stereocenters. The van der Waals surface area contributed by atoms with E-state index in [1.165, 1.54) is 11.3 Å². The zero-order chi connectivity index (χ0) is 13.8. The van der Waals surface area contributed by atoms with Gasteiger partial charge < -0.3 is 5.32 Å². The largest absolute Gasteiger partial charge is 0.316 e. The molecule has 2 rings (SSSR count). The topological polar surface area (TPSA) is 29.9 Å². The van der Waals surface area contributed by atoms with Crippen LogP contribution in [0.4, 0.5) is 0 Å². The summed E-state index contributed by atoms with van der Waals surface area (Å²) in [5.41, 5.74) is 4.76. The van der Waals surface area contributed by atoms with E-state index in [0.717, 1.165) is 35.2 Å². The minimum atomic E-state index is 0.874. The first-order valence-corrected chi connectivity index (χ1v) is 7.50. The smallest absolute Gasteiger partial charge is 0.0791 e. The lowest BCUT2D eigenvalue weighted by Crippen LogP contribution is -2.07. The van der Waals surface area contributed by atoms with E-state index in [1.54, 1.807) is 0 Å². The van der Waals surface area contributed by atoms with E-state index in [1.807, 2.05) is 11.7 Å². The SMILES string of the molecule is CCc1cc(CC)n(-c2ccc(CNC)cc2Br)n1. The van der Waals surface area contributed by atoms with Crippen molar-refractivity contribution in [1.82, 2.24) is 15.1 Å². The molecular weight excluding hydrogens is 302 g/mol. The van der Waals surface area contributed by atoms with Gasteiger partial charge >= 0.3 is 0 Å². The Morgan fingerprint density at radius 3 is 2.58 bits per heavy atom. The van der Waals surface area contributed by atoms with Gasteiger partial charge in [0, 0.05) is 16.7 Å². The molecule has 0 amide bonds. The highest BCUT2D eigenvalue weighted by Crippen LogP contribution is 2.24. The molecule has 102 valence electrons. The van der Waals surface area contributed by atoms with E-state index in [4.69, 9.17) is 0 Å². The van der Waals surface area contributed by atoms with E-state index in [2.05, 4.69) is 64.5 Å². The van der Waals surface area contributed by atoms with Gasteiger partial charge in [0.15, 0.2) is 0 Å². The lowest BCUT2D eigenvalue weighted by molar-refractivity contribution is 0.785. The van der Waals surface area contributed by atoms with Crippen molar-refractivity contribution >= 4 is 15.9 Å². The van der Waals surface area contributed by atoms with Crippen LogP contribution in [0.1, 0.15) is 30.8 Å². The summed E-state index contributed by atoms with van der Waals surface area (Å²) in [5.74, 6) is 0. The van der Waals surface area contributed by atoms with Crippen LogP contribution in [0.15, 0.2) is 28.7 Å². The molecule has 0 aliphatic carbocycles. The highest BCUT2D eigenvalue weighted by Gasteiger charge is 2.10. The van der Waals surface area contributed by atoms with Gasteiger partial charge in [0.1, 0.15) is 0 Å². The van der Waals surface area contributed by atoms with Gasteiger partial charge in [-0.2, -0.15) is 5.10 Å². The van der Waals surface area contributed by atoms with Crippen molar-refractivity contribution in [3.63, 3.8) is 0 Å². The van der Waals surface area contributed by atoms with Crippen LogP contribution >= 0.6 is 15.9 Å². The average molecular weight is 322 g/mol. The van der Waals surface area contributed by atoms with Crippen molar-refractivity contribution in [2.45, 2.75) is 33.2 Å². The minimum Gasteiger partial charge on any atom is -0.316 e. The maximum Gasteiger partial charge on any atom is 0.0791 e. The maximum atomic E-state index is 4.68. The zero-order valence-corrected chi connectivity index (χ0v) is 13.3. The molecule has 0 radical (unpaired) electrons. The first-order chi connectivity index (χ1) is 9.19. The third-order valence-electron chi connectivity index (χ3n) is 3.18. The Bertz CT molecular complexity index is 561. The molecule has 0 fully saturated rings. The molecule has 0 saturated carbocycles. The Morgan fingerprint density at radius 1 is 1.21 bits per heavy atom. The molecule has 0 unspecified atom stereocenters. The summed E-state index contributed by atoms with van der Waals surface area (Å²) in [6.45, 7) is 5.17. The number of benzene rings is 1. The Balaban J connectivity index is 2.43. The fraction of sp³-hybridized carbons (Fsp3) is 0.400. The van der Waals surface area contributed by atoms with Gasteiger partial charge in [-0.25, -0.2) is 4.68 Å². The van der Waals surface area contributed by atoms with Crippen LogP contribution in [-0.2, 0) is 19.4 Å². The summed E-state index contributed by atoms with van der Waals surface area (Å²) in [7, 11) is 1.96. The third-order valence-corrected chi connectivity index (χ3v) is 3.81. The number of hydrogen-bond donors (Lipinski definition) is 1. The molecule has 2 aromatic rings. The van der Waals surface area contributed by atoms with Crippen molar-refractivity contribution in [3.05, 3.63) is 45.7 Å². The summed E-state index contributed by atoms with van der Waals surface area (Å²) in [6, 6.07) is 8.61. The number of halogens is 1. The fourth-order valence-electron chi connectivity index (χ4n) is 2.14. The second kappa shape index (κ2) is 6.35. The third kappa shape index (κ3) is 3.07. The second-order valence-electron chi connectivity index (χ2n) is 4.56. The van der Waals surface area contributed by atoms with Gasteiger partial charge in [0.2, 0.25) is 0 Å². The first-order valence-electron chi connectivity index (χ1n) is 6.70. The van der Waals surface area contributed by atoms with Crippen LogP contribution in [0.5, 0.6) is 0 Å². The van der Waals surface area contributed by atoms with Crippen LogP contribution in [0.25, 0.3) is 5.69 Å². The molecule has 0 aliphatic heterocycles. The minimum absolute atomic E-state index is 0.874. The van der Waals surface area contributed by atoms with E-state index < -0.39 is 0 Å². The van der Waals surface area contributed by atoms with Gasteiger partial charge in [0.05, 0.1) is 11.4 Å². The Hall–Kier alpha value is -1.13. The summed E-state index contributed by atoms with van der Waals surface area (Å²) in [4.78, 5) is 0. The molecule has 0 spiro atoms. The molecule has 0 bridgehead atoms. The fourth-order valence-corrected chi connectivity index (χ4v) is 2.74. The van der Waals surface area contributed by atoms with Crippen molar-refractivity contribution in [3.8, 4) is 5.69 Å². The van der Waals surface area contributed by atoms with Crippen molar-refractivity contribution in [1.29, 1.82) is 0 Å². The van der Waals surface area contributed by atoms with Gasteiger partial charge in [0.25, 0.3) is 0 Å². The normalized spacial score (nSPS) is 10.9. The van der Waals surface area contributed by atoms with Crippen LogP contribution in [0.3, 0.4) is 0 Å². The maximum absolute atomic E-state index is 4.68. The summed E-state index contributed by atoms with van der Waals surface area (Å²) in [6.07, 6.45) is 1.95. The number of aryl methyl sites for hydroxylation is 2. The number of nitrogens with zero attached hydrogens (tertiary/aromatic N) is 2. The van der Waals surface area contributed by atoms with Crippen LogP contribution in [0, 0.1) is 0 Å². The van der Waals surface area contributed by atoms with Gasteiger partial charge in [-0.1, -0.05) is 19.9 Å². The molecule has 0 aliphatic rings. The summed E-state index contributed by atoms with van der Waals surface area (Å²) in [5, 5.41) is 7.84. The molecule has 4 heteroatoms. The quantitative estimate of drug-likeness (QED) is 0.913. The highest BCUT2D eigenvalue weighted by molar-refractivity contribution is 9.10. The summed E-state index contributed by atoms with van der Waals surface area (Å²) < 4.78 is 3.13. The number of hydrogen-bond acceptors (Lipinski definition) is 2. The predicted molar refractivity (Wildman–Crippen MR) is 82.8 cm³/mol. The van der Waals surface area contributed by atoms with Gasteiger partial charge in [-0.15, -0.1) is 0 Å². The molecule has 3 nitrogen and oxygen atoms in total. The molecule has 1 N–H and O–H groups in total. The molecule has 1 aromatic carbocycles. The van der Waals surface area contributed by atoms with Crippen LogP contribution in [-0.4, -0.2) is 16.8 Å². The summed E-state index contributed by atoms with van der Waals surface area (Å²) >= 11 is 3.66. The Kier molecular flexibility index (Phi) is 4.77. The zero-order valence-electron chi connectivity index (χ0n) is 11.7. The number of aromatic nitrogens is 2.